The van der Waals surface area contributed by atoms with Gasteiger partial charge in [0.1, 0.15) is 0 Å². The Kier molecular flexibility index (Phi) is 6.83. The zero-order valence-corrected chi connectivity index (χ0v) is 16.0. The maximum Gasteiger partial charge on any atom is 0.211 e. The van der Waals surface area contributed by atoms with Gasteiger partial charge in [-0.1, -0.05) is 60.7 Å². The number of likely N-dealkylation sites (tertiary alicyclic amines) is 1. The Morgan fingerprint density at radius 2 is 1.46 bits per heavy atom. The number of benzene rings is 2. The van der Waals surface area contributed by atoms with Crippen molar-refractivity contribution in [3.8, 4) is 0 Å². The molecule has 1 atom stereocenters. The Labute approximate surface area is 157 Å². The highest BCUT2D eigenvalue weighted by Crippen LogP contribution is 2.16. The SMILES string of the molecule is O=S(=O)(CCc1ccccc1)NCC(Cc1ccccc1)N1CCCC1. The van der Waals surface area contributed by atoms with E-state index in [0.29, 0.717) is 13.0 Å². The average molecular weight is 373 g/mol. The fourth-order valence-electron chi connectivity index (χ4n) is 3.52. The Balaban J connectivity index is 1.57. The van der Waals surface area contributed by atoms with Crippen molar-refractivity contribution in [2.75, 3.05) is 25.4 Å². The molecular formula is C21H28N2O2S. The quantitative estimate of drug-likeness (QED) is 0.736. The molecule has 2 aromatic carbocycles. The topological polar surface area (TPSA) is 49.4 Å². The van der Waals surface area contributed by atoms with Gasteiger partial charge in [-0.2, -0.15) is 0 Å². The smallest absolute Gasteiger partial charge is 0.211 e. The van der Waals surface area contributed by atoms with Crippen LogP contribution in [0.2, 0.25) is 0 Å². The van der Waals surface area contributed by atoms with Crippen LogP contribution in [-0.2, 0) is 22.9 Å². The van der Waals surface area contributed by atoms with Gasteiger partial charge in [0.25, 0.3) is 0 Å². The van der Waals surface area contributed by atoms with E-state index in [2.05, 4.69) is 21.8 Å². The van der Waals surface area contributed by atoms with Crippen molar-refractivity contribution in [1.29, 1.82) is 0 Å². The molecule has 5 heteroatoms. The van der Waals surface area contributed by atoms with E-state index >= 15 is 0 Å². The van der Waals surface area contributed by atoms with Crippen molar-refractivity contribution < 1.29 is 8.42 Å². The minimum atomic E-state index is -3.27. The maximum atomic E-state index is 12.4. The molecule has 4 nitrogen and oxygen atoms in total. The van der Waals surface area contributed by atoms with Crippen LogP contribution in [0, 0.1) is 0 Å². The van der Waals surface area contributed by atoms with Gasteiger partial charge in [0.15, 0.2) is 0 Å². The molecule has 26 heavy (non-hydrogen) atoms. The molecule has 1 unspecified atom stereocenters. The summed E-state index contributed by atoms with van der Waals surface area (Å²) in [6, 6.07) is 20.3. The largest absolute Gasteiger partial charge is 0.299 e. The molecule has 3 rings (SSSR count). The van der Waals surface area contributed by atoms with Crippen molar-refractivity contribution in [2.24, 2.45) is 0 Å². The molecule has 2 aromatic rings. The summed E-state index contributed by atoms with van der Waals surface area (Å²) in [5.74, 6) is 0.134. The van der Waals surface area contributed by atoms with E-state index in [-0.39, 0.29) is 11.8 Å². The second-order valence-corrected chi connectivity index (χ2v) is 8.92. The second kappa shape index (κ2) is 9.31. The van der Waals surface area contributed by atoms with Gasteiger partial charge in [0.2, 0.25) is 10.0 Å². The lowest BCUT2D eigenvalue weighted by molar-refractivity contribution is 0.241. The summed E-state index contributed by atoms with van der Waals surface area (Å²) in [5.41, 5.74) is 2.31. The molecule has 1 heterocycles. The first-order valence-electron chi connectivity index (χ1n) is 9.42. The summed E-state index contributed by atoms with van der Waals surface area (Å²) in [5, 5.41) is 0. The van der Waals surface area contributed by atoms with E-state index in [1.54, 1.807) is 0 Å². The molecule has 0 amide bonds. The van der Waals surface area contributed by atoms with Gasteiger partial charge in [0, 0.05) is 12.6 Å². The molecule has 1 saturated heterocycles. The Morgan fingerprint density at radius 3 is 2.08 bits per heavy atom. The first-order valence-corrected chi connectivity index (χ1v) is 11.1. The van der Waals surface area contributed by atoms with Gasteiger partial charge in [0.05, 0.1) is 5.75 Å². The van der Waals surface area contributed by atoms with Gasteiger partial charge < -0.3 is 0 Å². The monoisotopic (exact) mass is 372 g/mol. The molecule has 0 aliphatic carbocycles. The minimum absolute atomic E-state index is 0.134. The van der Waals surface area contributed by atoms with Crippen LogP contribution < -0.4 is 4.72 Å². The van der Waals surface area contributed by atoms with Crippen LogP contribution in [0.3, 0.4) is 0 Å². The van der Waals surface area contributed by atoms with Crippen LogP contribution in [0.5, 0.6) is 0 Å². The maximum absolute atomic E-state index is 12.4. The number of nitrogens with zero attached hydrogens (tertiary/aromatic N) is 1. The van der Waals surface area contributed by atoms with Gasteiger partial charge >= 0.3 is 0 Å². The molecule has 0 bridgehead atoms. The van der Waals surface area contributed by atoms with Crippen molar-refractivity contribution in [2.45, 2.75) is 31.7 Å². The molecule has 0 spiro atoms. The normalized spacial score (nSPS) is 16.6. The predicted molar refractivity (Wildman–Crippen MR) is 107 cm³/mol. The van der Waals surface area contributed by atoms with Crippen LogP contribution in [0.25, 0.3) is 0 Å². The van der Waals surface area contributed by atoms with Crippen molar-refractivity contribution in [3.63, 3.8) is 0 Å². The van der Waals surface area contributed by atoms with E-state index in [1.807, 2.05) is 48.5 Å². The van der Waals surface area contributed by atoms with Crippen LogP contribution in [0.4, 0.5) is 0 Å². The Hall–Kier alpha value is -1.69. The van der Waals surface area contributed by atoms with Crippen LogP contribution >= 0.6 is 0 Å². The minimum Gasteiger partial charge on any atom is -0.299 e. The molecule has 0 saturated carbocycles. The van der Waals surface area contributed by atoms with Gasteiger partial charge in [-0.25, -0.2) is 13.1 Å². The summed E-state index contributed by atoms with van der Waals surface area (Å²) in [6.07, 6.45) is 3.82. The van der Waals surface area contributed by atoms with Gasteiger partial charge in [-0.15, -0.1) is 0 Å². The predicted octanol–water partition coefficient (Wildman–Crippen LogP) is 2.86. The lowest BCUT2D eigenvalue weighted by Gasteiger charge is -2.28. The van der Waals surface area contributed by atoms with E-state index in [9.17, 15) is 8.42 Å². The molecule has 1 aliphatic rings. The van der Waals surface area contributed by atoms with Crippen molar-refractivity contribution in [3.05, 3.63) is 71.8 Å². The third-order valence-corrected chi connectivity index (χ3v) is 6.36. The highest BCUT2D eigenvalue weighted by Gasteiger charge is 2.24. The van der Waals surface area contributed by atoms with Gasteiger partial charge in [-0.05, 0) is 49.9 Å². The number of hydrogen-bond donors (Lipinski definition) is 1. The van der Waals surface area contributed by atoms with E-state index in [4.69, 9.17) is 0 Å². The molecular weight excluding hydrogens is 344 g/mol. The fourth-order valence-corrected chi connectivity index (χ4v) is 4.61. The Morgan fingerprint density at radius 1 is 0.885 bits per heavy atom. The first kappa shape index (κ1) is 19.1. The van der Waals surface area contributed by atoms with Crippen molar-refractivity contribution in [1.82, 2.24) is 9.62 Å². The summed E-state index contributed by atoms with van der Waals surface area (Å²) >= 11 is 0. The van der Waals surface area contributed by atoms with E-state index < -0.39 is 10.0 Å². The number of sulfonamides is 1. The number of hydrogen-bond acceptors (Lipinski definition) is 3. The summed E-state index contributed by atoms with van der Waals surface area (Å²) in [4.78, 5) is 2.42. The summed E-state index contributed by atoms with van der Waals surface area (Å²) in [7, 11) is -3.27. The fraction of sp³-hybridized carbons (Fsp3) is 0.429. The molecule has 0 radical (unpaired) electrons. The Bertz CT molecular complexity index is 757. The van der Waals surface area contributed by atoms with Gasteiger partial charge in [-0.3, -0.25) is 4.90 Å². The average Bonchev–Trinajstić information content (AvgIpc) is 3.20. The lowest BCUT2D eigenvalue weighted by Crippen LogP contribution is -2.44. The zero-order valence-electron chi connectivity index (χ0n) is 15.2. The molecule has 140 valence electrons. The third kappa shape index (κ3) is 5.94. The highest BCUT2D eigenvalue weighted by molar-refractivity contribution is 7.89. The van der Waals surface area contributed by atoms with Crippen molar-refractivity contribution >= 4 is 10.0 Å². The molecule has 0 aromatic heterocycles. The zero-order chi connectivity index (χ0) is 18.2. The van der Waals surface area contributed by atoms with Crippen LogP contribution in [0.15, 0.2) is 60.7 Å². The lowest BCUT2D eigenvalue weighted by atomic mass is 10.1. The number of nitrogens with one attached hydrogen (secondary N) is 1. The molecule has 1 N–H and O–H groups in total. The highest BCUT2D eigenvalue weighted by atomic mass is 32.2. The van der Waals surface area contributed by atoms with Crippen LogP contribution in [-0.4, -0.2) is 44.7 Å². The standard InChI is InChI=1S/C21H28N2O2S/c24-26(25,16-13-19-9-3-1-4-10-19)22-18-21(23-14-7-8-15-23)17-20-11-5-2-6-12-20/h1-6,9-12,21-22H,7-8,13-18H2. The number of rotatable bonds is 9. The summed E-state index contributed by atoms with van der Waals surface area (Å²) in [6.45, 7) is 2.60. The first-order chi connectivity index (χ1) is 12.6. The summed E-state index contributed by atoms with van der Waals surface area (Å²) < 4.78 is 27.7. The molecule has 1 aliphatic heterocycles. The number of aryl methyl sites for hydroxylation is 1. The van der Waals surface area contributed by atoms with E-state index in [0.717, 1.165) is 25.1 Å². The third-order valence-electron chi connectivity index (χ3n) is 5.01. The van der Waals surface area contributed by atoms with Crippen LogP contribution in [0.1, 0.15) is 24.0 Å². The van der Waals surface area contributed by atoms with E-state index in [1.165, 1.54) is 18.4 Å². The molecule has 1 fully saturated rings. The second-order valence-electron chi connectivity index (χ2n) is 6.99.